The van der Waals surface area contributed by atoms with Crippen molar-refractivity contribution < 1.29 is 36.4 Å². The number of benzene rings is 2. The number of para-hydroxylation sites is 2. The largest absolute Gasteiger partial charge is 0.508 e. The van der Waals surface area contributed by atoms with Crippen LogP contribution in [0.2, 0.25) is 0 Å². The molecule has 0 amide bonds. The summed E-state index contributed by atoms with van der Waals surface area (Å²) in [6.07, 6.45) is 0. The van der Waals surface area contributed by atoms with Crippen molar-refractivity contribution in [1.29, 1.82) is 0 Å². The first-order valence-electron chi connectivity index (χ1n) is 5.10. The molecule has 2 N–H and O–H groups in total. The minimum atomic E-state index is 0. The van der Waals surface area contributed by atoms with Crippen molar-refractivity contribution in [3.63, 3.8) is 0 Å². The van der Waals surface area contributed by atoms with Gasteiger partial charge in [-0.15, -0.1) is 0 Å². The van der Waals surface area contributed by atoms with Crippen LogP contribution >= 0.6 is 0 Å². The standard InChI is InChI=1S/2C7H8O.Zr/c2*1-6-4-2-3-5-7(6)8;/h2*2-5,8H,1H3;. The van der Waals surface area contributed by atoms with Gasteiger partial charge in [0.25, 0.3) is 0 Å². The van der Waals surface area contributed by atoms with E-state index in [1.165, 1.54) is 0 Å². The molecule has 0 saturated heterocycles. The second kappa shape index (κ2) is 8.08. The van der Waals surface area contributed by atoms with E-state index in [2.05, 4.69) is 0 Å². The van der Waals surface area contributed by atoms with Gasteiger partial charge in [-0.05, 0) is 37.1 Å². The molecule has 0 aliphatic heterocycles. The van der Waals surface area contributed by atoms with E-state index in [1.54, 1.807) is 12.1 Å². The van der Waals surface area contributed by atoms with Crippen LogP contribution in [0.3, 0.4) is 0 Å². The minimum absolute atomic E-state index is 0. The Morgan fingerprint density at radius 1 is 0.647 bits per heavy atom. The number of phenols is 2. The predicted molar refractivity (Wildman–Crippen MR) is 65.7 cm³/mol. The molecule has 0 heterocycles. The Morgan fingerprint density at radius 2 is 0.941 bits per heavy atom. The summed E-state index contributed by atoms with van der Waals surface area (Å²) in [6, 6.07) is 14.5. The van der Waals surface area contributed by atoms with Gasteiger partial charge in [0.15, 0.2) is 0 Å². The number of phenolic OH excluding ortho intramolecular Hbond substituents is 2. The fourth-order valence-electron chi connectivity index (χ4n) is 1.13. The third-order valence-electron chi connectivity index (χ3n) is 2.23. The quantitative estimate of drug-likeness (QED) is 0.783. The summed E-state index contributed by atoms with van der Waals surface area (Å²) < 4.78 is 0. The van der Waals surface area contributed by atoms with E-state index < -0.39 is 0 Å². The van der Waals surface area contributed by atoms with E-state index in [4.69, 9.17) is 10.2 Å². The predicted octanol–water partition coefficient (Wildman–Crippen LogP) is 3.40. The topological polar surface area (TPSA) is 40.5 Å². The molecule has 0 radical (unpaired) electrons. The molecule has 2 aromatic carbocycles. The normalized spacial score (nSPS) is 8.59. The van der Waals surface area contributed by atoms with Gasteiger partial charge in [0, 0.05) is 26.2 Å². The van der Waals surface area contributed by atoms with Gasteiger partial charge in [-0.25, -0.2) is 0 Å². The SMILES string of the molecule is Cc1ccccc1O.Cc1ccccc1O.[Zr]. The minimum Gasteiger partial charge on any atom is -0.508 e. The van der Waals surface area contributed by atoms with Crippen LogP contribution in [0.1, 0.15) is 11.1 Å². The van der Waals surface area contributed by atoms with Crippen LogP contribution in [0.4, 0.5) is 0 Å². The molecule has 0 unspecified atom stereocenters. The smallest absolute Gasteiger partial charge is 0.118 e. The monoisotopic (exact) mass is 306 g/mol. The maximum atomic E-state index is 8.92. The van der Waals surface area contributed by atoms with Crippen molar-refractivity contribution in [1.82, 2.24) is 0 Å². The molecule has 0 aromatic heterocycles. The van der Waals surface area contributed by atoms with E-state index in [0.29, 0.717) is 11.5 Å². The van der Waals surface area contributed by atoms with Crippen molar-refractivity contribution in [3.8, 4) is 11.5 Å². The average molecular weight is 308 g/mol. The fourth-order valence-corrected chi connectivity index (χ4v) is 1.13. The molecule has 17 heavy (non-hydrogen) atoms. The molecule has 0 atom stereocenters. The zero-order chi connectivity index (χ0) is 12.0. The zero-order valence-corrected chi connectivity index (χ0v) is 12.5. The van der Waals surface area contributed by atoms with Crippen LogP contribution in [0, 0.1) is 13.8 Å². The molecule has 0 spiro atoms. The Hall–Kier alpha value is -1.08. The number of hydrogen-bond donors (Lipinski definition) is 2. The molecule has 0 saturated carbocycles. The maximum Gasteiger partial charge on any atom is 0.118 e. The molecular formula is C14H16O2Zr. The van der Waals surface area contributed by atoms with Crippen LogP contribution in [0.15, 0.2) is 48.5 Å². The van der Waals surface area contributed by atoms with E-state index in [0.717, 1.165) is 11.1 Å². The summed E-state index contributed by atoms with van der Waals surface area (Å²) in [4.78, 5) is 0. The second-order valence-corrected chi connectivity index (χ2v) is 3.57. The van der Waals surface area contributed by atoms with Gasteiger partial charge in [-0.3, -0.25) is 0 Å². The summed E-state index contributed by atoms with van der Waals surface area (Å²) in [5.41, 5.74) is 1.85. The molecule has 2 rings (SSSR count). The van der Waals surface area contributed by atoms with Crippen LogP contribution in [0.25, 0.3) is 0 Å². The van der Waals surface area contributed by atoms with Crippen molar-refractivity contribution in [2.45, 2.75) is 13.8 Å². The summed E-state index contributed by atoms with van der Waals surface area (Å²) in [6.45, 7) is 3.74. The first kappa shape index (κ1) is 15.9. The van der Waals surface area contributed by atoms with Crippen molar-refractivity contribution in [2.24, 2.45) is 0 Å². The van der Waals surface area contributed by atoms with Gasteiger partial charge in [0.2, 0.25) is 0 Å². The Morgan fingerprint density at radius 3 is 1.12 bits per heavy atom. The third kappa shape index (κ3) is 5.69. The molecule has 0 fully saturated rings. The fraction of sp³-hybridized carbons (Fsp3) is 0.143. The second-order valence-electron chi connectivity index (χ2n) is 3.57. The number of aromatic hydroxyl groups is 2. The summed E-state index contributed by atoms with van der Waals surface area (Å²) in [7, 11) is 0. The summed E-state index contributed by atoms with van der Waals surface area (Å²) >= 11 is 0. The van der Waals surface area contributed by atoms with Crippen molar-refractivity contribution in [2.75, 3.05) is 0 Å². The van der Waals surface area contributed by atoms with E-state index >= 15 is 0 Å². The summed E-state index contributed by atoms with van der Waals surface area (Å²) in [5.74, 6) is 0.736. The van der Waals surface area contributed by atoms with Gasteiger partial charge in [-0.1, -0.05) is 36.4 Å². The maximum absolute atomic E-state index is 8.92. The molecule has 88 valence electrons. The van der Waals surface area contributed by atoms with Gasteiger partial charge < -0.3 is 10.2 Å². The molecule has 0 bridgehead atoms. The number of rotatable bonds is 0. The van der Waals surface area contributed by atoms with E-state index in [9.17, 15) is 0 Å². The molecule has 3 heteroatoms. The number of hydrogen-bond acceptors (Lipinski definition) is 2. The Kier molecular flexibility index (Phi) is 7.57. The van der Waals surface area contributed by atoms with Crippen molar-refractivity contribution in [3.05, 3.63) is 59.7 Å². The first-order chi connectivity index (χ1) is 7.61. The Bertz CT molecular complexity index is 370. The van der Waals surface area contributed by atoms with Crippen LogP contribution < -0.4 is 0 Å². The molecule has 0 aliphatic rings. The zero-order valence-electron chi connectivity index (χ0n) is 10.0. The van der Waals surface area contributed by atoms with Crippen LogP contribution in [0.5, 0.6) is 11.5 Å². The third-order valence-corrected chi connectivity index (χ3v) is 2.23. The molecule has 2 aromatic rings. The van der Waals surface area contributed by atoms with Crippen LogP contribution in [-0.4, -0.2) is 10.2 Å². The van der Waals surface area contributed by atoms with Gasteiger partial charge in [0.05, 0.1) is 0 Å². The molecular weight excluding hydrogens is 291 g/mol. The average Bonchev–Trinajstić information content (AvgIpc) is 2.28. The van der Waals surface area contributed by atoms with Crippen LogP contribution in [-0.2, 0) is 26.2 Å². The number of aryl methyl sites for hydroxylation is 2. The van der Waals surface area contributed by atoms with Gasteiger partial charge in [0.1, 0.15) is 11.5 Å². The molecule has 2 nitrogen and oxygen atoms in total. The van der Waals surface area contributed by atoms with E-state index in [-0.39, 0.29) is 26.2 Å². The van der Waals surface area contributed by atoms with Gasteiger partial charge >= 0.3 is 0 Å². The van der Waals surface area contributed by atoms with Crippen molar-refractivity contribution >= 4 is 0 Å². The Labute approximate surface area is 121 Å². The van der Waals surface area contributed by atoms with Gasteiger partial charge in [-0.2, -0.15) is 0 Å². The molecule has 0 aliphatic carbocycles. The summed E-state index contributed by atoms with van der Waals surface area (Å²) in [5, 5.41) is 17.8. The van der Waals surface area contributed by atoms with E-state index in [1.807, 2.05) is 50.2 Å². The Balaban J connectivity index is 0.000000284. The first-order valence-corrected chi connectivity index (χ1v) is 5.10.